The van der Waals surface area contributed by atoms with E-state index in [1.165, 1.54) is 44.6 Å². The Hall–Kier alpha value is -6.36. The van der Waals surface area contributed by atoms with Crippen molar-refractivity contribution >= 4 is 20.3 Å². The van der Waals surface area contributed by atoms with Crippen LogP contribution in [0.15, 0.2) is 120 Å². The number of aryl methyl sites for hydroxylation is 1. The van der Waals surface area contributed by atoms with E-state index >= 15 is 17.6 Å². The van der Waals surface area contributed by atoms with Crippen LogP contribution < -0.4 is 20.5 Å². The number of hydrogen-bond acceptors (Lipinski definition) is 11. The molecule has 2 heterocycles. The number of nitrogens with one attached hydrogen (secondary N) is 1. The van der Waals surface area contributed by atoms with Crippen molar-refractivity contribution in [1.29, 1.82) is 5.26 Å². The number of carbonyl (C=O) groups excluding carboxylic acids is 1. The van der Waals surface area contributed by atoms with Gasteiger partial charge in [-0.3, -0.25) is 9.36 Å². The third-order valence-electron chi connectivity index (χ3n) is 13.0. The van der Waals surface area contributed by atoms with E-state index in [0.717, 1.165) is 0 Å². The van der Waals surface area contributed by atoms with Crippen molar-refractivity contribution in [2.24, 2.45) is 0 Å². The van der Waals surface area contributed by atoms with Gasteiger partial charge >= 0.3 is 41.5 Å². The highest BCUT2D eigenvalue weighted by molar-refractivity contribution is 7.44. The second-order valence-corrected chi connectivity index (χ2v) is 20.4. The van der Waals surface area contributed by atoms with Crippen molar-refractivity contribution in [2.75, 3.05) is 32.8 Å². The van der Waals surface area contributed by atoms with Gasteiger partial charge in [0, 0.05) is 42.2 Å². The summed E-state index contributed by atoms with van der Waals surface area (Å²) in [5.74, 6) is -39.4. The Morgan fingerprint density at radius 3 is 1.75 bits per heavy atom. The Morgan fingerprint density at radius 2 is 1.26 bits per heavy atom. The van der Waals surface area contributed by atoms with Crippen LogP contribution in [0, 0.1) is 11.3 Å². The maximum Gasteiger partial charge on any atom is 0.460 e. The summed E-state index contributed by atoms with van der Waals surface area (Å²) < 4.78 is 225. The number of alkyl halides is 13. The normalized spacial score (nSPS) is 17.1. The number of hydrogen-bond donors (Lipinski definition) is 1. The summed E-state index contributed by atoms with van der Waals surface area (Å²) in [5, 5.41) is 11.6. The summed E-state index contributed by atoms with van der Waals surface area (Å²) in [6.45, 7) is 6.80. The predicted octanol–water partition coefficient (Wildman–Crippen LogP) is 13.1. The van der Waals surface area contributed by atoms with Gasteiger partial charge in [-0.05, 0) is 87.2 Å². The minimum absolute atomic E-state index is 0.0754. The minimum atomic E-state index is -8.14. The molecule has 4 atom stereocenters. The van der Waals surface area contributed by atoms with Crippen molar-refractivity contribution in [2.45, 2.75) is 125 Å². The fourth-order valence-electron chi connectivity index (χ4n) is 8.85. The molecule has 1 aromatic heterocycles. The van der Waals surface area contributed by atoms with Crippen molar-refractivity contribution in [3.8, 4) is 17.6 Å². The highest BCUT2D eigenvalue weighted by atomic mass is 31.2. The molecule has 1 aliphatic rings. The summed E-state index contributed by atoms with van der Waals surface area (Å²) in [5.41, 5.74) is -2.22. The van der Waals surface area contributed by atoms with E-state index in [2.05, 4.69) is 10.3 Å². The number of amides is 1. The maximum atomic E-state index is 15.5. The van der Waals surface area contributed by atoms with Gasteiger partial charge in [-0.2, -0.15) is 67.3 Å². The molecule has 1 unspecified atom stereocenters. The van der Waals surface area contributed by atoms with Crippen molar-refractivity contribution in [1.82, 2.24) is 14.2 Å². The smallest absolute Gasteiger partial charge is 0.460 e. The molecule has 1 N–H and O–H groups in total. The molecule has 27 heteroatoms. The fraction of sp³-hybridized carbons (Fsp3) is 0.444. The summed E-state index contributed by atoms with van der Waals surface area (Å²) in [6, 6.07) is 30.8. The van der Waals surface area contributed by atoms with Gasteiger partial charge in [0.15, 0.2) is 0 Å². The standard InChI is InChI=1S/C54H55F13N5O8P/c1-33(2)72(34(3)4)81(78-29-13-28-68)80-42-30-44(79-43(42)32-77-49(37-16-11-8-12-17-37,38-18-22-40(75-5)23-19-38)39-20-24-41(76-6)25-21-39)71-31-36(45(70-47(71)74)69-46(73)35-14-9-7-10-15-35)26-27-48(55,56)50(57,58)51(59,60)52(61,62)53(63,64)54(65,66)67/h7-12,14-25,31,33-34,42-44H,13,26-27,29-30,32H2,1-6H3,(H,69,70,73,74)/t42-,43+,44+,81?/m0/s1. The summed E-state index contributed by atoms with van der Waals surface area (Å²) in [7, 11) is 0.801. The van der Waals surface area contributed by atoms with Crippen molar-refractivity contribution < 1.29 is 89.9 Å². The van der Waals surface area contributed by atoms with Crippen LogP contribution >= 0.6 is 8.53 Å². The first-order chi connectivity index (χ1) is 37.9. The predicted molar refractivity (Wildman–Crippen MR) is 269 cm³/mol. The third-order valence-corrected chi connectivity index (χ3v) is 15.2. The molecule has 0 saturated carbocycles. The first-order valence-corrected chi connectivity index (χ1v) is 25.9. The van der Waals surface area contributed by atoms with Crippen LogP contribution in [0.2, 0.25) is 0 Å². The third kappa shape index (κ3) is 13.1. The zero-order chi connectivity index (χ0) is 59.9. The van der Waals surface area contributed by atoms with Crippen LogP contribution in [0.5, 0.6) is 11.5 Å². The topological polar surface area (TPSA) is 146 Å². The van der Waals surface area contributed by atoms with Crippen LogP contribution in [0.25, 0.3) is 0 Å². The molecule has 4 aromatic carbocycles. The minimum Gasteiger partial charge on any atom is -0.497 e. The number of rotatable bonds is 26. The molecule has 6 rings (SSSR count). The molecule has 0 bridgehead atoms. The van der Waals surface area contributed by atoms with Crippen LogP contribution in [-0.2, 0) is 30.5 Å². The Bertz CT molecular complexity index is 2930. The number of nitrogens with zero attached hydrogens (tertiary/aromatic N) is 4. The molecule has 1 aliphatic heterocycles. The molecule has 1 saturated heterocycles. The van der Waals surface area contributed by atoms with E-state index in [1.54, 1.807) is 78.9 Å². The van der Waals surface area contributed by atoms with Gasteiger partial charge in [0.2, 0.25) is 0 Å². The van der Waals surface area contributed by atoms with Crippen molar-refractivity contribution in [3.05, 3.63) is 154 Å². The molecule has 0 spiro atoms. The van der Waals surface area contributed by atoms with E-state index in [4.69, 9.17) is 28.0 Å². The summed E-state index contributed by atoms with van der Waals surface area (Å²) in [6.07, 6.45) is -16.0. The number of anilines is 1. The lowest BCUT2D eigenvalue weighted by atomic mass is 9.80. The highest BCUT2D eigenvalue weighted by Gasteiger charge is 2.90. The number of benzene rings is 4. The first kappa shape index (κ1) is 63.8. The molecule has 0 aliphatic carbocycles. The number of carbonyl (C=O) groups is 1. The Morgan fingerprint density at radius 1 is 0.753 bits per heavy atom. The van der Waals surface area contributed by atoms with E-state index in [9.17, 15) is 54.4 Å². The van der Waals surface area contributed by atoms with Crippen LogP contribution in [0.3, 0.4) is 0 Å². The summed E-state index contributed by atoms with van der Waals surface area (Å²) >= 11 is 0. The molecule has 1 amide bonds. The molecule has 81 heavy (non-hydrogen) atoms. The lowest BCUT2D eigenvalue weighted by Gasteiger charge is -2.39. The number of nitriles is 1. The molecule has 5 aromatic rings. The van der Waals surface area contributed by atoms with Crippen molar-refractivity contribution in [3.63, 3.8) is 0 Å². The largest absolute Gasteiger partial charge is 0.497 e. The molecular formula is C54H55F13N5O8P. The van der Waals surface area contributed by atoms with Gasteiger partial charge in [-0.15, -0.1) is 0 Å². The molecule has 1 fully saturated rings. The van der Waals surface area contributed by atoms with Gasteiger partial charge < -0.3 is 33.3 Å². The second-order valence-electron chi connectivity index (χ2n) is 19.0. The van der Waals surface area contributed by atoms with E-state index in [-0.39, 0.29) is 37.1 Å². The van der Waals surface area contributed by atoms with Gasteiger partial charge in [-0.1, -0.05) is 72.8 Å². The fourth-order valence-corrected chi connectivity index (χ4v) is 10.6. The number of ether oxygens (including phenoxy) is 4. The number of aromatic nitrogens is 2. The van der Waals surface area contributed by atoms with Crippen LogP contribution in [0.1, 0.15) is 85.8 Å². The zero-order valence-corrected chi connectivity index (χ0v) is 44.9. The van der Waals surface area contributed by atoms with E-state index in [0.29, 0.717) is 39.0 Å². The quantitative estimate of drug-likeness (QED) is 0.0244. The van der Waals surface area contributed by atoms with E-state index < -0.39 is 111 Å². The average Bonchev–Trinajstić information content (AvgIpc) is 3.94. The lowest BCUT2D eigenvalue weighted by molar-refractivity contribution is -0.440. The zero-order valence-electron chi connectivity index (χ0n) is 44.0. The Labute approximate surface area is 457 Å². The molecule has 440 valence electrons. The molecule has 13 nitrogen and oxygen atoms in total. The van der Waals surface area contributed by atoms with Crippen LogP contribution in [0.4, 0.5) is 62.9 Å². The summed E-state index contributed by atoms with van der Waals surface area (Å²) in [4.78, 5) is 31.4. The number of methoxy groups -OCH3 is 2. The monoisotopic (exact) mass is 1180 g/mol. The highest BCUT2D eigenvalue weighted by Crippen LogP contribution is 2.61. The lowest BCUT2D eigenvalue weighted by Crippen LogP contribution is -2.70. The Balaban J connectivity index is 1.48. The Kier molecular flexibility index (Phi) is 20.0. The average molecular weight is 1180 g/mol. The first-order valence-electron chi connectivity index (χ1n) is 24.8. The second kappa shape index (κ2) is 25.4. The van der Waals surface area contributed by atoms with Crippen LogP contribution in [-0.4, -0.2) is 108 Å². The molecule has 0 radical (unpaired) electrons. The SMILES string of the molecule is COc1ccc(C(OC[C@H]2O[C@@H](n3cc(CCC(F)(F)C(F)(F)C(F)(F)C(F)(F)C(F)(F)C(F)(F)F)c(NC(=O)c4ccccc4)nc3=O)C[C@@H]2OP(OCCC#N)N(C(C)C)C(C)C)(c2ccccc2)c2ccc(OC)cc2)cc1. The molecular weight excluding hydrogens is 1120 g/mol. The number of halogens is 13. The maximum absolute atomic E-state index is 15.5. The van der Waals surface area contributed by atoms with Gasteiger partial charge in [-0.25, -0.2) is 9.46 Å². The van der Waals surface area contributed by atoms with Gasteiger partial charge in [0.1, 0.15) is 35.2 Å². The van der Waals surface area contributed by atoms with Gasteiger partial charge in [0.25, 0.3) is 14.4 Å². The van der Waals surface area contributed by atoms with E-state index in [1.807, 2.05) is 38.4 Å². The van der Waals surface area contributed by atoms with Gasteiger partial charge in [0.05, 0.1) is 46.0 Å².